The Morgan fingerprint density at radius 1 is 1.43 bits per heavy atom. The lowest BCUT2D eigenvalue weighted by Gasteiger charge is -2.25. The minimum Gasteiger partial charge on any atom is -0.496 e. The first-order valence-corrected chi connectivity index (χ1v) is 7.41. The zero-order chi connectivity index (χ0) is 15.7. The first-order chi connectivity index (χ1) is 10.1. The average molecular weight is 294 g/mol. The van der Waals surface area contributed by atoms with Gasteiger partial charge in [0.15, 0.2) is 0 Å². The fraction of sp³-hybridized carbons (Fsp3) is 0.562. The number of carbonyl (C=O) groups excluding carboxylic acids is 1. The minimum atomic E-state index is -0.508. The summed E-state index contributed by atoms with van der Waals surface area (Å²) in [4.78, 5) is 14.0. The Balaban J connectivity index is 2.79. The van der Waals surface area contributed by atoms with Crippen molar-refractivity contribution in [3.05, 3.63) is 29.8 Å². The van der Waals surface area contributed by atoms with Crippen LogP contribution in [0.5, 0.6) is 5.75 Å². The van der Waals surface area contributed by atoms with Crippen LogP contribution in [0.15, 0.2) is 24.3 Å². The fourth-order valence-electron chi connectivity index (χ4n) is 2.21. The van der Waals surface area contributed by atoms with Crippen LogP contribution in [0.1, 0.15) is 31.7 Å². The first-order valence-electron chi connectivity index (χ1n) is 7.41. The molecule has 3 N–H and O–H groups in total. The smallest absolute Gasteiger partial charge is 0.239 e. The number of hydrogen-bond acceptors (Lipinski definition) is 4. The molecule has 1 atom stereocenters. The van der Waals surface area contributed by atoms with E-state index >= 15 is 0 Å². The predicted octanol–water partition coefficient (Wildman–Crippen LogP) is 1.53. The van der Waals surface area contributed by atoms with Gasteiger partial charge in [-0.05, 0) is 12.5 Å². The monoisotopic (exact) mass is 294 g/mol. The first kappa shape index (κ1) is 17.5. The van der Waals surface area contributed by atoms with Gasteiger partial charge in [-0.25, -0.2) is 0 Å². The Labute approximate surface area is 126 Å². The summed E-state index contributed by atoms with van der Waals surface area (Å²) in [5.41, 5.74) is 6.86. The molecule has 1 aromatic carbocycles. The highest BCUT2D eigenvalue weighted by Crippen LogP contribution is 2.19. The van der Waals surface area contributed by atoms with Gasteiger partial charge in [-0.3, -0.25) is 4.79 Å². The molecule has 0 heterocycles. The van der Waals surface area contributed by atoms with E-state index in [1.165, 1.54) is 0 Å². The minimum absolute atomic E-state index is 0.0820. The quantitative estimate of drug-likeness (QED) is 0.724. The molecule has 118 valence electrons. The third kappa shape index (κ3) is 5.36. The lowest BCUT2D eigenvalue weighted by molar-refractivity contribution is -0.134. The number of para-hydroxylation sites is 1. The maximum absolute atomic E-state index is 12.4. The molecule has 0 aliphatic rings. The third-order valence-corrected chi connectivity index (χ3v) is 3.42. The lowest BCUT2D eigenvalue weighted by Crippen LogP contribution is -2.44. The Morgan fingerprint density at radius 3 is 2.76 bits per heavy atom. The van der Waals surface area contributed by atoms with Gasteiger partial charge < -0.3 is 20.5 Å². The van der Waals surface area contributed by atoms with Crippen LogP contribution in [0, 0.1) is 0 Å². The lowest BCUT2D eigenvalue weighted by atomic mass is 10.1. The predicted molar refractivity (Wildman–Crippen MR) is 83.0 cm³/mol. The molecule has 0 radical (unpaired) electrons. The van der Waals surface area contributed by atoms with Crippen molar-refractivity contribution in [1.29, 1.82) is 0 Å². The molecule has 1 aromatic rings. The second-order valence-corrected chi connectivity index (χ2v) is 5.04. The summed E-state index contributed by atoms with van der Waals surface area (Å²) < 4.78 is 5.30. The van der Waals surface area contributed by atoms with Crippen molar-refractivity contribution < 1.29 is 14.6 Å². The number of amides is 1. The van der Waals surface area contributed by atoms with Crippen molar-refractivity contribution in [2.75, 3.05) is 20.3 Å². The largest absolute Gasteiger partial charge is 0.496 e. The Bertz CT molecular complexity index is 437. The number of carbonyl (C=O) groups is 1. The molecule has 5 heteroatoms. The number of aliphatic hydroxyl groups excluding tert-OH is 1. The van der Waals surface area contributed by atoms with Crippen LogP contribution >= 0.6 is 0 Å². The van der Waals surface area contributed by atoms with Crippen LogP contribution in [0.3, 0.4) is 0 Å². The SMILES string of the molecule is CCCCC(N)C(=O)N(CCO)Cc1ccccc1OC. The van der Waals surface area contributed by atoms with Gasteiger partial charge in [0.2, 0.25) is 5.91 Å². The molecule has 0 aromatic heterocycles. The number of rotatable bonds is 9. The standard InChI is InChI=1S/C16H26N2O3/c1-3-4-8-14(17)16(20)18(10-11-19)12-13-7-5-6-9-15(13)21-2/h5-7,9,14,19H,3-4,8,10-12,17H2,1-2H3. The Hall–Kier alpha value is -1.59. The van der Waals surface area contributed by atoms with E-state index in [0.29, 0.717) is 13.0 Å². The van der Waals surface area contributed by atoms with E-state index in [0.717, 1.165) is 24.2 Å². The van der Waals surface area contributed by atoms with Crippen LogP contribution in [0.25, 0.3) is 0 Å². The van der Waals surface area contributed by atoms with E-state index in [4.69, 9.17) is 10.5 Å². The van der Waals surface area contributed by atoms with E-state index in [9.17, 15) is 9.90 Å². The van der Waals surface area contributed by atoms with Crippen LogP contribution < -0.4 is 10.5 Å². The van der Waals surface area contributed by atoms with Crippen molar-refractivity contribution in [3.8, 4) is 5.75 Å². The molecule has 1 rings (SSSR count). The molecule has 0 spiro atoms. The van der Waals surface area contributed by atoms with E-state index in [-0.39, 0.29) is 19.1 Å². The zero-order valence-electron chi connectivity index (χ0n) is 12.9. The maximum atomic E-state index is 12.4. The number of benzene rings is 1. The fourth-order valence-corrected chi connectivity index (χ4v) is 2.21. The second kappa shape index (κ2) is 9.37. The average Bonchev–Trinajstić information content (AvgIpc) is 2.51. The number of unbranched alkanes of at least 4 members (excludes halogenated alkanes) is 1. The number of methoxy groups -OCH3 is 1. The summed E-state index contributed by atoms with van der Waals surface area (Å²) in [5, 5.41) is 9.18. The van der Waals surface area contributed by atoms with Crippen LogP contribution in [0.2, 0.25) is 0 Å². The molecule has 0 aliphatic carbocycles. The normalized spacial score (nSPS) is 12.0. The summed E-state index contributed by atoms with van der Waals surface area (Å²) in [6, 6.07) is 7.04. The number of nitrogens with two attached hydrogens (primary N) is 1. The van der Waals surface area contributed by atoms with Crippen molar-refractivity contribution >= 4 is 5.91 Å². The molecule has 0 bridgehead atoms. The molecule has 1 amide bonds. The molecule has 0 aliphatic heterocycles. The van der Waals surface area contributed by atoms with Gasteiger partial charge in [-0.1, -0.05) is 38.0 Å². The van der Waals surface area contributed by atoms with Crippen LogP contribution in [-0.2, 0) is 11.3 Å². The van der Waals surface area contributed by atoms with Gasteiger partial charge in [0, 0.05) is 18.7 Å². The molecular formula is C16H26N2O3. The van der Waals surface area contributed by atoms with E-state index in [1.807, 2.05) is 24.3 Å². The van der Waals surface area contributed by atoms with Gasteiger partial charge >= 0.3 is 0 Å². The highest BCUT2D eigenvalue weighted by molar-refractivity contribution is 5.81. The zero-order valence-corrected chi connectivity index (χ0v) is 12.9. The van der Waals surface area contributed by atoms with Gasteiger partial charge in [-0.15, -0.1) is 0 Å². The second-order valence-electron chi connectivity index (χ2n) is 5.04. The molecule has 0 saturated heterocycles. The molecule has 5 nitrogen and oxygen atoms in total. The summed E-state index contributed by atoms with van der Waals surface area (Å²) in [6.07, 6.45) is 2.60. The number of ether oxygens (including phenoxy) is 1. The summed E-state index contributed by atoms with van der Waals surface area (Å²) in [6.45, 7) is 2.65. The number of aliphatic hydroxyl groups is 1. The van der Waals surface area contributed by atoms with E-state index in [2.05, 4.69) is 6.92 Å². The highest BCUT2D eigenvalue weighted by atomic mass is 16.5. The van der Waals surface area contributed by atoms with Crippen molar-refractivity contribution in [2.45, 2.75) is 38.8 Å². The molecule has 0 fully saturated rings. The summed E-state index contributed by atoms with van der Waals surface area (Å²) in [7, 11) is 1.60. The van der Waals surface area contributed by atoms with Gasteiger partial charge in [0.1, 0.15) is 5.75 Å². The molecule has 1 unspecified atom stereocenters. The van der Waals surface area contributed by atoms with Crippen molar-refractivity contribution in [3.63, 3.8) is 0 Å². The van der Waals surface area contributed by atoms with E-state index in [1.54, 1.807) is 12.0 Å². The van der Waals surface area contributed by atoms with Crippen LogP contribution in [-0.4, -0.2) is 42.2 Å². The topological polar surface area (TPSA) is 75.8 Å². The van der Waals surface area contributed by atoms with Gasteiger partial charge in [0.25, 0.3) is 0 Å². The van der Waals surface area contributed by atoms with Gasteiger partial charge in [-0.2, -0.15) is 0 Å². The molecule has 21 heavy (non-hydrogen) atoms. The maximum Gasteiger partial charge on any atom is 0.239 e. The molecular weight excluding hydrogens is 268 g/mol. The summed E-state index contributed by atoms with van der Waals surface area (Å²) >= 11 is 0. The summed E-state index contributed by atoms with van der Waals surface area (Å²) in [5.74, 6) is 0.610. The van der Waals surface area contributed by atoms with E-state index < -0.39 is 6.04 Å². The number of hydrogen-bond donors (Lipinski definition) is 2. The van der Waals surface area contributed by atoms with Crippen molar-refractivity contribution in [2.24, 2.45) is 5.73 Å². The van der Waals surface area contributed by atoms with Crippen LogP contribution in [0.4, 0.5) is 0 Å². The van der Waals surface area contributed by atoms with Crippen molar-refractivity contribution in [1.82, 2.24) is 4.90 Å². The Morgan fingerprint density at radius 2 is 2.14 bits per heavy atom. The number of nitrogens with zero attached hydrogens (tertiary/aromatic N) is 1. The highest BCUT2D eigenvalue weighted by Gasteiger charge is 2.21. The Kier molecular flexibility index (Phi) is 7.79. The van der Waals surface area contributed by atoms with Gasteiger partial charge in [0.05, 0.1) is 19.8 Å². The molecule has 0 saturated carbocycles. The third-order valence-electron chi connectivity index (χ3n) is 3.42.